The largest absolute Gasteiger partial charge is 0.327 e. The third-order valence-corrected chi connectivity index (χ3v) is 2.79. The van der Waals surface area contributed by atoms with Crippen LogP contribution in [0, 0.1) is 0 Å². The second kappa shape index (κ2) is 6.76. The molecule has 1 heterocycles. The van der Waals surface area contributed by atoms with Crippen molar-refractivity contribution in [1.29, 1.82) is 0 Å². The number of hydrogen-bond acceptors (Lipinski definition) is 3. The zero-order valence-electron chi connectivity index (χ0n) is 9.45. The van der Waals surface area contributed by atoms with Gasteiger partial charge in [0.2, 0.25) is 0 Å². The molecular weight excluding hydrogens is 268 g/mol. The van der Waals surface area contributed by atoms with Crippen LogP contribution in [0.25, 0.3) is 0 Å². The Morgan fingerprint density at radius 1 is 1.56 bits per heavy atom. The first kappa shape index (κ1) is 13.3. The molecule has 0 amide bonds. The van der Waals surface area contributed by atoms with Crippen LogP contribution in [-0.2, 0) is 11.2 Å². The van der Waals surface area contributed by atoms with Gasteiger partial charge in [-0.2, -0.15) is 0 Å². The van der Waals surface area contributed by atoms with E-state index in [0.29, 0.717) is 12.8 Å². The molecule has 0 fully saturated rings. The van der Waals surface area contributed by atoms with Crippen LogP contribution in [0.4, 0.5) is 0 Å². The van der Waals surface area contributed by atoms with Gasteiger partial charge in [-0.1, -0.05) is 13.3 Å². The Hall–Kier alpha value is -0.740. The number of nitrogens with zero attached hydrogens (tertiary/aromatic N) is 1. The highest BCUT2D eigenvalue weighted by Crippen LogP contribution is 2.09. The van der Waals surface area contributed by atoms with E-state index in [9.17, 15) is 4.79 Å². The minimum absolute atomic E-state index is 0.00653. The Labute approximate surface area is 105 Å². The minimum Gasteiger partial charge on any atom is -0.327 e. The second-order valence-corrected chi connectivity index (χ2v) is 4.85. The van der Waals surface area contributed by atoms with Gasteiger partial charge in [-0.25, -0.2) is 0 Å². The summed E-state index contributed by atoms with van der Waals surface area (Å²) in [5.74, 6) is 0.163. The van der Waals surface area contributed by atoms with Gasteiger partial charge in [-0.3, -0.25) is 9.78 Å². The van der Waals surface area contributed by atoms with Crippen molar-refractivity contribution >= 4 is 21.7 Å². The number of rotatable bonds is 6. The fraction of sp³-hybridized carbons (Fsp3) is 0.500. The SMILES string of the molecule is CCCC(N)CC(=O)Cc1ccc(Br)cn1. The maximum atomic E-state index is 11.7. The highest BCUT2D eigenvalue weighted by molar-refractivity contribution is 9.10. The zero-order chi connectivity index (χ0) is 12.0. The summed E-state index contributed by atoms with van der Waals surface area (Å²) < 4.78 is 0.923. The van der Waals surface area contributed by atoms with Crippen molar-refractivity contribution in [2.24, 2.45) is 5.73 Å². The molecule has 2 N–H and O–H groups in total. The number of pyridine rings is 1. The Morgan fingerprint density at radius 2 is 2.31 bits per heavy atom. The molecule has 0 saturated heterocycles. The molecule has 0 aliphatic heterocycles. The van der Waals surface area contributed by atoms with Crippen LogP contribution < -0.4 is 5.73 Å². The summed E-state index contributed by atoms with van der Waals surface area (Å²) in [6.45, 7) is 2.07. The number of halogens is 1. The van der Waals surface area contributed by atoms with E-state index in [2.05, 4.69) is 27.8 Å². The molecule has 1 aromatic rings. The van der Waals surface area contributed by atoms with Crippen LogP contribution in [0.1, 0.15) is 31.9 Å². The van der Waals surface area contributed by atoms with E-state index in [4.69, 9.17) is 5.73 Å². The summed E-state index contributed by atoms with van der Waals surface area (Å²) in [7, 11) is 0. The van der Waals surface area contributed by atoms with Crippen molar-refractivity contribution in [1.82, 2.24) is 4.98 Å². The van der Waals surface area contributed by atoms with E-state index in [0.717, 1.165) is 23.0 Å². The van der Waals surface area contributed by atoms with Gasteiger partial charge >= 0.3 is 0 Å². The number of aromatic nitrogens is 1. The Morgan fingerprint density at radius 3 is 2.88 bits per heavy atom. The van der Waals surface area contributed by atoms with Gasteiger partial charge in [0.1, 0.15) is 5.78 Å². The van der Waals surface area contributed by atoms with Crippen LogP contribution in [0.3, 0.4) is 0 Å². The number of nitrogens with two attached hydrogens (primary N) is 1. The molecule has 88 valence electrons. The standard InChI is InChI=1S/C12H17BrN2O/c1-2-3-10(14)6-12(16)7-11-5-4-9(13)8-15-11/h4-5,8,10H,2-3,6-7,14H2,1H3. The number of carbonyl (C=O) groups is 1. The lowest BCUT2D eigenvalue weighted by atomic mass is 10.0. The first-order valence-corrected chi connectivity index (χ1v) is 6.28. The molecule has 0 aromatic carbocycles. The molecule has 1 aromatic heterocycles. The van der Waals surface area contributed by atoms with Crippen molar-refractivity contribution in [3.8, 4) is 0 Å². The summed E-state index contributed by atoms with van der Waals surface area (Å²) in [5.41, 5.74) is 6.62. The van der Waals surface area contributed by atoms with Crippen LogP contribution >= 0.6 is 15.9 Å². The van der Waals surface area contributed by atoms with Crippen molar-refractivity contribution < 1.29 is 4.79 Å². The summed E-state index contributed by atoms with van der Waals surface area (Å²) in [6.07, 6.45) is 4.45. The molecule has 0 saturated carbocycles. The van der Waals surface area contributed by atoms with E-state index in [1.807, 2.05) is 12.1 Å². The Balaban J connectivity index is 2.42. The second-order valence-electron chi connectivity index (χ2n) is 3.94. The summed E-state index contributed by atoms with van der Waals surface area (Å²) >= 11 is 3.31. The number of hydrogen-bond donors (Lipinski definition) is 1. The lowest BCUT2D eigenvalue weighted by Gasteiger charge is -2.08. The van der Waals surface area contributed by atoms with Gasteiger partial charge in [-0.05, 0) is 34.5 Å². The van der Waals surface area contributed by atoms with Gasteiger partial charge in [0.15, 0.2) is 0 Å². The Kier molecular flexibility index (Phi) is 5.63. The van der Waals surface area contributed by atoms with Crippen molar-refractivity contribution in [2.75, 3.05) is 0 Å². The van der Waals surface area contributed by atoms with Crippen LogP contribution in [0.15, 0.2) is 22.8 Å². The molecular formula is C12H17BrN2O. The number of ketones is 1. The minimum atomic E-state index is -0.00653. The van der Waals surface area contributed by atoms with Crippen molar-refractivity contribution in [2.45, 2.75) is 38.6 Å². The fourth-order valence-corrected chi connectivity index (χ4v) is 1.79. The molecule has 0 radical (unpaired) electrons. The molecule has 1 rings (SSSR count). The third-order valence-electron chi connectivity index (χ3n) is 2.32. The van der Waals surface area contributed by atoms with E-state index in [1.165, 1.54) is 0 Å². The average molecular weight is 285 g/mol. The van der Waals surface area contributed by atoms with Crippen molar-refractivity contribution in [3.05, 3.63) is 28.5 Å². The average Bonchev–Trinajstić information content (AvgIpc) is 2.21. The lowest BCUT2D eigenvalue weighted by Crippen LogP contribution is -2.24. The first-order chi connectivity index (χ1) is 7.61. The summed E-state index contributed by atoms with van der Waals surface area (Å²) in [4.78, 5) is 15.8. The molecule has 3 nitrogen and oxygen atoms in total. The summed E-state index contributed by atoms with van der Waals surface area (Å²) in [6, 6.07) is 3.74. The van der Waals surface area contributed by atoms with Gasteiger partial charge < -0.3 is 5.73 Å². The molecule has 0 spiro atoms. The van der Waals surface area contributed by atoms with E-state index in [1.54, 1.807) is 6.20 Å². The predicted molar refractivity (Wildman–Crippen MR) is 68.1 cm³/mol. The predicted octanol–water partition coefficient (Wildman–Crippen LogP) is 2.47. The lowest BCUT2D eigenvalue weighted by molar-refractivity contribution is -0.118. The maximum Gasteiger partial charge on any atom is 0.140 e. The topological polar surface area (TPSA) is 56.0 Å². The van der Waals surface area contributed by atoms with E-state index < -0.39 is 0 Å². The Bertz CT molecular complexity index is 337. The molecule has 1 atom stereocenters. The molecule has 0 aliphatic carbocycles. The number of Topliss-reactive ketones (excluding diaryl/α,β-unsaturated/α-hetero) is 1. The quantitative estimate of drug-likeness (QED) is 0.873. The van der Waals surface area contributed by atoms with E-state index >= 15 is 0 Å². The zero-order valence-corrected chi connectivity index (χ0v) is 11.0. The smallest absolute Gasteiger partial charge is 0.140 e. The van der Waals surface area contributed by atoms with Crippen LogP contribution in [0.2, 0.25) is 0 Å². The van der Waals surface area contributed by atoms with Gasteiger partial charge in [-0.15, -0.1) is 0 Å². The summed E-state index contributed by atoms with van der Waals surface area (Å²) in [5, 5.41) is 0. The van der Waals surface area contributed by atoms with Crippen LogP contribution in [0.5, 0.6) is 0 Å². The highest BCUT2D eigenvalue weighted by atomic mass is 79.9. The number of carbonyl (C=O) groups excluding carboxylic acids is 1. The van der Waals surface area contributed by atoms with Crippen molar-refractivity contribution in [3.63, 3.8) is 0 Å². The monoisotopic (exact) mass is 284 g/mol. The molecule has 0 bridgehead atoms. The van der Waals surface area contributed by atoms with E-state index in [-0.39, 0.29) is 11.8 Å². The molecule has 4 heteroatoms. The third kappa shape index (κ3) is 4.86. The van der Waals surface area contributed by atoms with Gasteiger partial charge in [0.05, 0.1) is 0 Å². The highest BCUT2D eigenvalue weighted by Gasteiger charge is 2.10. The molecule has 1 unspecified atom stereocenters. The maximum absolute atomic E-state index is 11.7. The normalized spacial score (nSPS) is 12.4. The van der Waals surface area contributed by atoms with Gasteiger partial charge in [0.25, 0.3) is 0 Å². The molecule has 16 heavy (non-hydrogen) atoms. The fourth-order valence-electron chi connectivity index (χ4n) is 1.55. The first-order valence-electron chi connectivity index (χ1n) is 5.49. The van der Waals surface area contributed by atoms with Crippen LogP contribution in [-0.4, -0.2) is 16.8 Å². The molecule has 0 aliphatic rings. The van der Waals surface area contributed by atoms with Gasteiger partial charge in [0, 0.05) is 35.2 Å².